The number of aryl methyl sites for hydroxylation is 3. The fourth-order valence-electron chi connectivity index (χ4n) is 4.71. The van der Waals surface area contributed by atoms with E-state index in [2.05, 4.69) is 25.0 Å². The Kier molecular flexibility index (Phi) is 7.72. The van der Waals surface area contributed by atoms with E-state index in [4.69, 9.17) is 11.6 Å². The van der Waals surface area contributed by atoms with Crippen LogP contribution in [-0.2, 0) is 0 Å². The number of aromatic nitrogens is 6. The molecule has 0 amide bonds. The van der Waals surface area contributed by atoms with E-state index in [1.807, 2.05) is 0 Å². The van der Waals surface area contributed by atoms with Crippen molar-refractivity contribution in [2.45, 2.75) is 46.0 Å². The molecule has 0 bridgehead atoms. The lowest BCUT2D eigenvalue weighted by Gasteiger charge is -2.13. The molecule has 2 unspecified atom stereocenters. The molecule has 4 aromatic rings. The minimum absolute atomic E-state index is 0.0754. The van der Waals surface area contributed by atoms with Crippen molar-refractivity contribution >= 4 is 23.5 Å². The molecule has 0 aliphatic heterocycles. The Morgan fingerprint density at radius 2 is 1.88 bits per heavy atom. The van der Waals surface area contributed by atoms with Gasteiger partial charge < -0.3 is 0 Å². The van der Waals surface area contributed by atoms with Gasteiger partial charge in [0.2, 0.25) is 0 Å². The van der Waals surface area contributed by atoms with E-state index in [9.17, 15) is 9.18 Å². The molecule has 1 saturated carbocycles. The second-order valence-electron chi connectivity index (χ2n) is 9.63. The highest BCUT2D eigenvalue weighted by molar-refractivity contribution is 6.31. The highest BCUT2D eigenvalue weighted by Gasteiger charge is 2.43. The molecule has 0 spiro atoms. The second-order valence-corrected chi connectivity index (χ2v) is 10.0. The zero-order chi connectivity index (χ0) is 29.4. The molecule has 5 rings (SSSR count). The van der Waals surface area contributed by atoms with Gasteiger partial charge in [0, 0.05) is 23.4 Å². The molecular weight excluding hydrogens is 555 g/mol. The van der Waals surface area contributed by atoms with Gasteiger partial charge >= 0.3 is 0 Å². The Labute approximate surface area is 238 Å². The minimum atomic E-state index is -0.955. The van der Waals surface area contributed by atoms with Gasteiger partial charge in [-0.25, -0.2) is 32.8 Å². The average molecular weight is 580 g/mol. The summed E-state index contributed by atoms with van der Waals surface area (Å²) < 4.78 is 47.3. The first kappa shape index (κ1) is 28.2. The van der Waals surface area contributed by atoms with Crippen LogP contribution in [0.2, 0.25) is 5.02 Å². The predicted molar refractivity (Wildman–Crippen MR) is 150 cm³/mol. The zero-order valence-corrected chi connectivity index (χ0v) is 23.4. The van der Waals surface area contributed by atoms with Gasteiger partial charge in [-0.3, -0.25) is 14.4 Å². The Bertz CT molecular complexity index is 1790. The van der Waals surface area contributed by atoms with Gasteiger partial charge in [-0.1, -0.05) is 23.7 Å². The van der Waals surface area contributed by atoms with Gasteiger partial charge in [0.05, 0.1) is 18.6 Å². The lowest BCUT2D eigenvalue weighted by molar-refractivity contribution is 0.603. The summed E-state index contributed by atoms with van der Waals surface area (Å²) in [5, 5.41) is 4.15. The molecule has 1 aliphatic carbocycles. The highest BCUT2D eigenvalue weighted by atomic mass is 35.5. The Balaban J connectivity index is 1.52. The number of hydrogen-bond acceptors (Lipinski definition) is 6. The van der Waals surface area contributed by atoms with E-state index in [1.165, 1.54) is 23.0 Å². The summed E-state index contributed by atoms with van der Waals surface area (Å²) in [7, 11) is 0. The maximum atomic E-state index is 15.9. The summed E-state index contributed by atoms with van der Waals surface area (Å²) in [6.45, 7) is 6.69. The van der Waals surface area contributed by atoms with Crippen LogP contribution in [0, 0.1) is 32.4 Å². The molecule has 0 radical (unpaired) electrons. The third kappa shape index (κ3) is 5.49. The Morgan fingerprint density at radius 3 is 2.54 bits per heavy atom. The van der Waals surface area contributed by atoms with Gasteiger partial charge in [-0.05, 0) is 63.8 Å². The fourth-order valence-corrected chi connectivity index (χ4v) is 5.00. The summed E-state index contributed by atoms with van der Waals surface area (Å²) in [5.74, 6) is -1.11. The molecule has 12 heteroatoms. The van der Waals surface area contributed by atoms with Crippen LogP contribution < -0.4 is 5.56 Å². The number of benzene rings is 1. The standard InChI is InChI=1S/C29H25ClF3N7O/c1-5-9-34-27(19-7-6-8-24(26(19)33)40-17(4)37-16(3)38-40)23(32)14-39-15(2)10-21(25(30)29(39)41)20-11-22(20)28-35-12-18(31)13-36-28/h5-10,12-14,20,22H,11H2,1-4H3/b9-5+,23-14-,34-27+. The van der Waals surface area contributed by atoms with Crippen LogP contribution in [0.3, 0.4) is 0 Å². The van der Waals surface area contributed by atoms with E-state index in [0.29, 0.717) is 35.2 Å². The molecule has 8 nitrogen and oxygen atoms in total. The predicted octanol–water partition coefficient (Wildman–Crippen LogP) is 6.14. The van der Waals surface area contributed by atoms with Crippen molar-refractivity contribution in [3.05, 3.63) is 116 Å². The maximum Gasteiger partial charge on any atom is 0.273 e. The highest BCUT2D eigenvalue weighted by Crippen LogP contribution is 2.54. The minimum Gasteiger partial charge on any atom is -0.284 e. The normalized spacial score (nSPS) is 17.5. The van der Waals surface area contributed by atoms with Gasteiger partial charge in [0.1, 0.15) is 33.9 Å². The van der Waals surface area contributed by atoms with Gasteiger partial charge in [0.15, 0.2) is 17.5 Å². The van der Waals surface area contributed by atoms with Crippen molar-refractivity contribution in [2.24, 2.45) is 4.99 Å². The number of rotatable bonds is 7. The van der Waals surface area contributed by atoms with Crippen molar-refractivity contribution in [1.29, 1.82) is 0 Å². The molecule has 210 valence electrons. The van der Waals surface area contributed by atoms with Crippen molar-refractivity contribution in [2.75, 3.05) is 0 Å². The number of aliphatic imine (C=N–C) groups is 1. The zero-order valence-electron chi connectivity index (χ0n) is 22.6. The lowest BCUT2D eigenvalue weighted by Crippen LogP contribution is -2.21. The van der Waals surface area contributed by atoms with Crippen LogP contribution in [0.5, 0.6) is 0 Å². The first-order valence-electron chi connectivity index (χ1n) is 12.8. The van der Waals surface area contributed by atoms with E-state index >= 15 is 8.78 Å². The molecule has 3 heterocycles. The Hall–Kier alpha value is -4.38. The summed E-state index contributed by atoms with van der Waals surface area (Å²) in [6.07, 6.45) is 6.67. The quantitative estimate of drug-likeness (QED) is 0.245. The summed E-state index contributed by atoms with van der Waals surface area (Å²) in [5.41, 5.74) is -0.0300. The van der Waals surface area contributed by atoms with E-state index < -0.39 is 23.0 Å². The van der Waals surface area contributed by atoms with Crippen LogP contribution in [0.25, 0.3) is 11.9 Å². The third-order valence-corrected chi connectivity index (χ3v) is 7.10. The first-order chi connectivity index (χ1) is 19.6. The molecule has 3 aromatic heterocycles. The van der Waals surface area contributed by atoms with Crippen LogP contribution in [0.15, 0.2) is 64.5 Å². The Morgan fingerprint density at radius 1 is 1.15 bits per heavy atom. The summed E-state index contributed by atoms with van der Waals surface area (Å²) in [4.78, 5) is 29.7. The van der Waals surface area contributed by atoms with E-state index in [1.54, 1.807) is 45.9 Å². The van der Waals surface area contributed by atoms with Crippen LogP contribution in [0.1, 0.15) is 59.5 Å². The molecular formula is C29H25ClF3N7O. The molecule has 2 atom stereocenters. The SMILES string of the molecule is C/C=C/N=C(/C(F)=C/n1c(C)cc(C2CC2c2ncc(F)cn2)c(Cl)c1=O)c1cccc(-n2nc(C)nc2C)c1F. The number of halogens is 4. The maximum absolute atomic E-state index is 15.9. The lowest BCUT2D eigenvalue weighted by atomic mass is 10.1. The fraction of sp³-hybridized carbons (Fsp3) is 0.241. The van der Waals surface area contributed by atoms with Crippen molar-refractivity contribution in [1.82, 2.24) is 29.3 Å². The topological polar surface area (TPSA) is 90.8 Å². The summed E-state index contributed by atoms with van der Waals surface area (Å²) in [6, 6.07) is 6.15. The van der Waals surface area contributed by atoms with Gasteiger partial charge in [0.25, 0.3) is 5.56 Å². The number of allylic oxidation sites excluding steroid dienone is 2. The van der Waals surface area contributed by atoms with E-state index in [-0.39, 0.29) is 33.8 Å². The monoisotopic (exact) mass is 579 g/mol. The average Bonchev–Trinajstić information content (AvgIpc) is 3.66. The van der Waals surface area contributed by atoms with Crippen LogP contribution in [0.4, 0.5) is 13.2 Å². The van der Waals surface area contributed by atoms with Crippen LogP contribution >= 0.6 is 11.6 Å². The van der Waals surface area contributed by atoms with Crippen LogP contribution in [-0.4, -0.2) is 35.0 Å². The van der Waals surface area contributed by atoms with E-state index in [0.717, 1.165) is 23.2 Å². The molecule has 41 heavy (non-hydrogen) atoms. The molecule has 1 aliphatic rings. The molecule has 1 fully saturated rings. The van der Waals surface area contributed by atoms with Gasteiger partial charge in [-0.15, -0.1) is 0 Å². The smallest absolute Gasteiger partial charge is 0.273 e. The number of pyridine rings is 1. The van der Waals surface area contributed by atoms with Crippen molar-refractivity contribution in [3.63, 3.8) is 0 Å². The van der Waals surface area contributed by atoms with Crippen molar-refractivity contribution < 1.29 is 13.2 Å². The molecule has 0 N–H and O–H groups in total. The number of nitrogens with zero attached hydrogens (tertiary/aromatic N) is 7. The largest absolute Gasteiger partial charge is 0.284 e. The third-order valence-electron chi connectivity index (χ3n) is 6.72. The van der Waals surface area contributed by atoms with Crippen molar-refractivity contribution in [3.8, 4) is 5.69 Å². The molecule has 0 saturated heterocycles. The summed E-state index contributed by atoms with van der Waals surface area (Å²) >= 11 is 6.47. The molecule has 1 aromatic carbocycles. The number of hydrogen-bond donors (Lipinski definition) is 0. The second kappa shape index (κ2) is 11.2. The van der Waals surface area contributed by atoms with Gasteiger partial charge in [-0.2, -0.15) is 5.10 Å². The first-order valence-corrected chi connectivity index (χ1v) is 13.1.